The Kier molecular flexibility index (Phi) is 7.58. The van der Waals surface area contributed by atoms with Crippen molar-refractivity contribution in [3.63, 3.8) is 0 Å². The van der Waals surface area contributed by atoms with E-state index in [9.17, 15) is 4.79 Å². The van der Waals surface area contributed by atoms with Gasteiger partial charge in [-0.15, -0.1) is 5.10 Å². The average molecular weight is 438 g/mol. The van der Waals surface area contributed by atoms with Crippen LogP contribution in [0.2, 0.25) is 0 Å². The highest BCUT2D eigenvalue weighted by Gasteiger charge is 2.30. The molecule has 0 spiro atoms. The maximum absolute atomic E-state index is 13.4. The monoisotopic (exact) mass is 437 g/mol. The summed E-state index contributed by atoms with van der Waals surface area (Å²) in [5.41, 5.74) is 1.20. The molecule has 0 N–H and O–H groups in total. The molecule has 2 atom stereocenters. The van der Waals surface area contributed by atoms with Gasteiger partial charge in [-0.2, -0.15) is 5.10 Å². The Balaban J connectivity index is 1.40. The second kappa shape index (κ2) is 10.8. The van der Waals surface area contributed by atoms with E-state index in [1.54, 1.807) is 13.3 Å². The number of carbonyl (C=O) groups excluding carboxylic acids is 1. The molecule has 7 nitrogen and oxygen atoms in total. The summed E-state index contributed by atoms with van der Waals surface area (Å²) in [5, 5.41) is 8.33. The topological polar surface area (TPSA) is 61.8 Å². The lowest BCUT2D eigenvalue weighted by atomic mass is 10.0. The molecule has 4 rings (SSSR count). The van der Waals surface area contributed by atoms with Gasteiger partial charge in [0.05, 0.1) is 19.7 Å². The lowest BCUT2D eigenvalue weighted by Crippen LogP contribution is -2.45. The highest BCUT2D eigenvalue weighted by atomic mass is 16.5. The van der Waals surface area contributed by atoms with Crippen molar-refractivity contribution in [2.45, 2.75) is 50.6 Å². The summed E-state index contributed by atoms with van der Waals surface area (Å²) in [4.78, 5) is 20.0. The molecule has 32 heavy (non-hydrogen) atoms. The fraction of sp³-hybridized carbons (Fsp3) is 0.560. The van der Waals surface area contributed by atoms with Crippen LogP contribution in [0.4, 0.5) is 5.82 Å². The van der Waals surface area contributed by atoms with Crippen molar-refractivity contribution in [1.82, 2.24) is 20.0 Å². The van der Waals surface area contributed by atoms with E-state index in [-0.39, 0.29) is 11.9 Å². The lowest BCUT2D eigenvalue weighted by Gasteiger charge is -2.33. The molecule has 2 aliphatic rings. The van der Waals surface area contributed by atoms with Gasteiger partial charge in [-0.1, -0.05) is 25.0 Å². The number of nitrogens with zero attached hydrogens (tertiary/aromatic N) is 5. The normalized spacial score (nSPS) is 21.6. The predicted octanol–water partition coefficient (Wildman–Crippen LogP) is 3.53. The van der Waals surface area contributed by atoms with E-state index in [2.05, 4.69) is 44.1 Å². The lowest BCUT2D eigenvalue weighted by molar-refractivity contribution is -0.134. The molecule has 2 aromatic rings. The summed E-state index contributed by atoms with van der Waals surface area (Å²) in [6.07, 6.45) is 8.41. The standard InChI is InChI=1S/C25H35N5O2/c1-28(18-21-8-7-17-29(21)24-10-6-15-26-27-24)19-25(31)30-16-5-3-4-9-23(30)20-11-13-22(32-2)14-12-20/h6,10-15,21,23H,3-5,7-9,16-19H2,1-2H3. The molecule has 1 aromatic heterocycles. The van der Waals surface area contributed by atoms with Crippen molar-refractivity contribution >= 4 is 11.7 Å². The highest BCUT2D eigenvalue weighted by Crippen LogP contribution is 2.31. The van der Waals surface area contributed by atoms with Gasteiger partial charge in [-0.05, 0) is 62.6 Å². The highest BCUT2D eigenvalue weighted by molar-refractivity contribution is 5.79. The van der Waals surface area contributed by atoms with Crippen molar-refractivity contribution in [2.24, 2.45) is 0 Å². The zero-order valence-electron chi connectivity index (χ0n) is 19.3. The molecule has 0 bridgehead atoms. The van der Waals surface area contributed by atoms with Crippen molar-refractivity contribution in [3.8, 4) is 5.75 Å². The van der Waals surface area contributed by atoms with Crippen LogP contribution in [0.25, 0.3) is 0 Å². The summed E-state index contributed by atoms with van der Waals surface area (Å²) in [6, 6.07) is 12.7. The summed E-state index contributed by atoms with van der Waals surface area (Å²) in [6.45, 7) is 3.12. The Labute approximate surface area is 191 Å². The van der Waals surface area contributed by atoms with Crippen LogP contribution in [-0.4, -0.2) is 72.3 Å². The van der Waals surface area contributed by atoms with Gasteiger partial charge < -0.3 is 14.5 Å². The zero-order valence-corrected chi connectivity index (χ0v) is 19.3. The van der Waals surface area contributed by atoms with Gasteiger partial charge in [0.15, 0.2) is 5.82 Å². The minimum absolute atomic E-state index is 0.145. The number of likely N-dealkylation sites (N-methyl/N-ethyl adjacent to an activating group) is 1. The number of benzene rings is 1. The Morgan fingerprint density at radius 3 is 2.69 bits per heavy atom. The second-order valence-electron chi connectivity index (χ2n) is 8.99. The maximum Gasteiger partial charge on any atom is 0.237 e. The average Bonchev–Trinajstić information content (AvgIpc) is 3.13. The molecule has 7 heteroatoms. The molecule has 0 radical (unpaired) electrons. The largest absolute Gasteiger partial charge is 0.497 e. The van der Waals surface area contributed by atoms with Crippen LogP contribution < -0.4 is 9.64 Å². The van der Waals surface area contributed by atoms with Crippen LogP contribution in [0, 0.1) is 0 Å². The van der Waals surface area contributed by atoms with Gasteiger partial charge in [0, 0.05) is 31.9 Å². The quantitative estimate of drug-likeness (QED) is 0.660. The van der Waals surface area contributed by atoms with E-state index in [1.165, 1.54) is 12.0 Å². The molecule has 0 aliphatic carbocycles. The van der Waals surface area contributed by atoms with E-state index >= 15 is 0 Å². The van der Waals surface area contributed by atoms with Gasteiger partial charge in [-0.3, -0.25) is 9.69 Å². The molecular formula is C25H35N5O2. The fourth-order valence-corrected chi connectivity index (χ4v) is 5.10. The molecule has 172 valence electrons. The SMILES string of the molecule is COc1ccc(C2CCCCCN2C(=O)CN(C)CC2CCCN2c2cccnn2)cc1. The summed E-state index contributed by atoms with van der Waals surface area (Å²) in [7, 11) is 3.74. The summed E-state index contributed by atoms with van der Waals surface area (Å²) >= 11 is 0. The van der Waals surface area contributed by atoms with Gasteiger partial charge in [0.25, 0.3) is 0 Å². The van der Waals surface area contributed by atoms with Gasteiger partial charge in [-0.25, -0.2) is 0 Å². The number of hydrogen-bond donors (Lipinski definition) is 0. The van der Waals surface area contributed by atoms with Gasteiger partial charge >= 0.3 is 0 Å². The number of ether oxygens (including phenoxy) is 1. The van der Waals surface area contributed by atoms with Crippen LogP contribution in [0.5, 0.6) is 5.75 Å². The van der Waals surface area contributed by atoms with E-state index in [1.807, 2.05) is 24.3 Å². The summed E-state index contributed by atoms with van der Waals surface area (Å²) in [5.74, 6) is 2.00. The first-order chi connectivity index (χ1) is 15.7. The fourth-order valence-electron chi connectivity index (χ4n) is 5.10. The first-order valence-electron chi connectivity index (χ1n) is 11.8. The second-order valence-corrected chi connectivity index (χ2v) is 8.99. The van der Waals surface area contributed by atoms with Gasteiger partial charge in [0.2, 0.25) is 5.91 Å². The minimum atomic E-state index is 0.145. The minimum Gasteiger partial charge on any atom is -0.497 e. The molecule has 0 saturated carbocycles. The zero-order chi connectivity index (χ0) is 22.3. The number of anilines is 1. The first-order valence-corrected chi connectivity index (χ1v) is 11.8. The van der Waals surface area contributed by atoms with Crippen molar-refractivity contribution in [3.05, 3.63) is 48.2 Å². The number of amides is 1. The Bertz CT molecular complexity index is 860. The Morgan fingerprint density at radius 2 is 1.94 bits per heavy atom. The molecule has 2 aliphatic heterocycles. The van der Waals surface area contributed by atoms with Crippen LogP contribution >= 0.6 is 0 Å². The molecule has 1 aromatic carbocycles. The number of aromatic nitrogens is 2. The van der Waals surface area contributed by atoms with Crippen LogP contribution in [0.1, 0.15) is 50.1 Å². The van der Waals surface area contributed by atoms with Crippen LogP contribution in [0.15, 0.2) is 42.6 Å². The number of hydrogen-bond acceptors (Lipinski definition) is 6. The number of methoxy groups -OCH3 is 1. The smallest absolute Gasteiger partial charge is 0.237 e. The Morgan fingerprint density at radius 1 is 1.09 bits per heavy atom. The number of rotatable bonds is 7. The first kappa shape index (κ1) is 22.5. The van der Waals surface area contributed by atoms with E-state index in [0.29, 0.717) is 12.6 Å². The Hall–Kier alpha value is -2.67. The molecular weight excluding hydrogens is 402 g/mol. The predicted molar refractivity (Wildman–Crippen MR) is 126 cm³/mol. The van der Waals surface area contributed by atoms with E-state index < -0.39 is 0 Å². The summed E-state index contributed by atoms with van der Waals surface area (Å²) < 4.78 is 5.31. The maximum atomic E-state index is 13.4. The number of carbonyl (C=O) groups is 1. The van der Waals surface area contributed by atoms with E-state index in [0.717, 1.165) is 63.3 Å². The van der Waals surface area contributed by atoms with Crippen LogP contribution in [0.3, 0.4) is 0 Å². The third-order valence-corrected chi connectivity index (χ3v) is 6.73. The molecule has 2 fully saturated rings. The van der Waals surface area contributed by atoms with Gasteiger partial charge in [0.1, 0.15) is 5.75 Å². The third-order valence-electron chi connectivity index (χ3n) is 6.73. The molecule has 2 saturated heterocycles. The van der Waals surface area contributed by atoms with Crippen molar-refractivity contribution < 1.29 is 9.53 Å². The molecule has 2 unspecified atom stereocenters. The molecule has 3 heterocycles. The number of likely N-dealkylation sites (tertiary alicyclic amines) is 1. The third kappa shape index (κ3) is 5.38. The van der Waals surface area contributed by atoms with Crippen molar-refractivity contribution in [1.29, 1.82) is 0 Å². The van der Waals surface area contributed by atoms with Crippen LogP contribution in [-0.2, 0) is 4.79 Å². The van der Waals surface area contributed by atoms with Crippen molar-refractivity contribution in [2.75, 3.05) is 45.2 Å². The molecule has 1 amide bonds. The van der Waals surface area contributed by atoms with E-state index in [4.69, 9.17) is 4.74 Å².